The second kappa shape index (κ2) is 9.22. The van der Waals surface area contributed by atoms with Gasteiger partial charge in [0.2, 0.25) is 10.0 Å². The smallest absolute Gasteiger partial charge is 0.417 e. The Morgan fingerprint density at radius 2 is 2.04 bits per heavy atom. The van der Waals surface area contributed by atoms with Crippen molar-refractivity contribution >= 4 is 28.4 Å². The number of rotatable bonds is 5. The van der Waals surface area contributed by atoms with Crippen LogP contribution >= 0.6 is 12.4 Å². The van der Waals surface area contributed by atoms with E-state index in [2.05, 4.69) is 4.74 Å². The second-order valence-electron chi connectivity index (χ2n) is 6.15. The summed E-state index contributed by atoms with van der Waals surface area (Å²) in [4.78, 5) is 11.1. The van der Waals surface area contributed by atoms with E-state index >= 15 is 0 Å². The molecule has 0 bridgehead atoms. The van der Waals surface area contributed by atoms with E-state index in [0.29, 0.717) is 25.5 Å². The molecule has 6 nitrogen and oxygen atoms in total. The first-order valence-corrected chi connectivity index (χ1v) is 9.55. The maximum atomic E-state index is 13.3. The minimum absolute atomic E-state index is 0. The molecule has 0 aromatic heterocycles. The van der Waals surface area contributed by atoms with Gasteiger partial charge in [-0.25, -0.2) is 13.2 Å². The van der Waals surface area contributed by atoms with Crippen LogP contribution in [0.2, 0.25) is 0 Å². The van der Waals surface area contributed by atoms with Gasteiger partial charge in [0.25, 0.3) is 0 Å². The van der Waals surface area contributed by atoms with Gasteiger partial charge in [-0.15, -0.1) is 12.4 Å². The van der Waals surface area contributed by atoms with Gasteiger partial charge in [-0.1, -0.05) is 0 Å². The quantitative estimate of drug-likeness (QED) is 0.725. The van der Waals surface area contributed by atoms with Crippen molar-refractivity contribution in [1.29, 1.82) is 0 Å². The maximum absolute atomic E-state index is 13.3. The van der Waals surface area contributed by atoms with Gasteiger partial charge in [-0.3, -0.25) is 0 Å². The average Bonchev–Trinajstić information content (AvgIpc) is 2.60. The summed E-state index contributed by atoms with van der Waals surface area (Å²) in [5, 5.41) is 0. The molecule has 0 amide bonds. The Hall–Kier alpha value is -1.36. The number of hydrogen-bond acceptors (Lipinski definition) is 5. The third kappa shape index (κ3) is 5.34. The lowest BCUT2D eigenvalue weighted by atomic mass is 9.96. The minimum atomic E-state index is -4.89. The fourth-order valence-corrected chi connectivity index (χ4v) is 4.65. The SMILES string of the molecule is COC(=O)c1ccc(S(=O)(=O)N2CCCC(CCN)C2)cc1C(F)(F)F.Cl. The van der Waals surface area contributed by atoms with Crippen LogP contribution in [0.3, 0.4) is 0 Å². The van der Waals surface area contributed by atoms with Crippen LogP contribution in [0.25, 0.3) is 0 Å². The van der Waals surface area contributed by atoms with Crippen LogP contribution in [-0.2, 0) is 20.9 Å². The van der Waals surface area contributed by atoms with Gasteiger partial charge >= 0.3 is 12.1 Å². The van der Waals surface area contributed by atoms with Gasteiger partial charge in [0.05, 0.1) is 23.1 Å². The molecule has 27 heavy (non-hydrogen) atoms. The number of esters is 1. The molecule has 2 N–H and O–H groups in total. The monoisotopic (exact) mass is 430 g/mol. The van der Waals surface area contributed by atoms with E-state index < -0.39 is 38.2 Å². The standard InChI is InChI=1S/C16H21F3N2O4S.ClH/c1-25-15(22)13-5-4-12(9-14(13)16(17,18)19)26(23,24)21-8-2-3-11(10-21)6-7-20;/h4-5,9,11H,2-3,6-8,10,20H2,1H3;1H. The molecule has 0 aliphatic carbocycles. The summed E-state index contributed by atoms with van der Waals surface area (Å²) in [6.07, 6.45) is -2.78. The number of nitrogens with zero attached hydrogens (tertiary/aromatic N) is 1. The number of carbonyl (C=O) groups excluding carboxylic acids is 1. The van der Waals surface area contributed by atoms with Crippen LogP contribution in [0.15, 0.2) is 23.1 Å². The van der Waals surface area contributed by atoms with Crippen LogP contribution in [0.5, 0.6) is 0 Å². The number of benzene rings is 1. The van der Waals surface area contributed by atoms with Gasteiger partial charge in [-0.2, -0.15) is 17.5 Å². The third-order valence-corrected chi connectivity index (χ3v) is 6.26. The number of methoxy groups -OCH3 is 1. The molecule has 1 unspecified atom stereocenters. The summed E-state index contributed by atoms with van der Waals surface area (Å²) in [5.74, 6) is -1.10. The lowest BCUT2D eigenvalue weighted by molar-refractivity contribution is -0.138. The molecule has 1 aliphatic heterocycles. The highest BCUT2D eigenvalue weighted by atomic mass is 35.5. The lowest BCUT2D eigenvalue weighted by Gasteiger charge is -2.32. The highest BCUT2D eigenvalue weighted by Gasteiger charge is 2.38. The maximum Gasteiger partial charge on any atom is 0.417 e. The normalized spacial score (nSPS) is 18.6. The number of ether oxygens (including phenoxy) is 1. The molecule has 1 aromatic carbocycles. The summed E-state index contributed by atoms with van der Waals surface area (Å²) in [6.45, 7) is 0.883. The minimum Gasteiger partial charge on any atom is -0.465 e. The first-order chi connectivity index (χ1) is 12.1. The van der Waals surface area contributed by atoms with Gasteiger partial charge in [0.1, 0.15) is 0 Å². The molecule has 11 heteroatoms. The van der Waals surface area contributed by atoms with Gasteiger partial charge in [0.15, 0.2) is 0 Å². The van der Waals surface area contributed by atoms with Crippen molar-refractivity contribution in [2.24, 2.45) is 11.7 Å². The number of piperidine rings is 1. The van der Waals surface area contributed by atoms with E-state index in [1.54, 1.807) is 0 Å². The largest absolute Gasteiger partial charge is 0.465 e. The molecule has 154 valence electrons. The Bertz CT molecular complexity index is 769. The molecule has 0 radical (unpaired) electrons. The average molecular weight is 431 g/mol. The zero-order valence-corrected chi connectivity index (χ0v) is 16.3. The molecule has 1 aromatic rings. The molecule has 1 saturated heterocycles. The predicted molar refractivity (Wildman–Crippen MR) is 95.2 cm³/mol. The van der Waals surface area contributed by atoms with Crippen molar-refractivity contribution in [3.8, 4) is 0 Å². The van der Waals surface area contributed by atoms with Gasteiger partial charge < -0.3 is 10.5 Å². The molecule has 2 rings (SSSR count). The molecular formula is C16H22ClF3N2O4S. The van der Waals surface area contributed by atoms with Crippen LogP contribution in [0.4, 0.5) is 13.2 Å². The number of sulfonamides is 1. The van der Waals surface area contributed by atoms with E-state index in [0.717, 1.165) is 25.7 Å². The fraction of sp³-hybridized carbons (Fsp3) is 0.562. The fourth-order valence-electron chi connectivity index (χ4n) is 3.07. The molecule has 1 atom stereocenters. The third-order valence-electron chi connectivity index (χ3n) is 4.40. The highest BCUT2D eigenvalue weighted by molar-refractivity contribution is 7.89. The summed E-state index contributed by atoms with van der Waals surface area (Å²) in [7, 11) is -3.15. The summed E-state index contributed by atoms with van der Waals surface area (Å²) < 4.78 is 70.9. The van der Waals surface area contributed by atoms with Crippen LogP contribution in [0, 0.1) is 5.92 Å². The Morgan fingerprint density at radius 3 is 2.59 bits per heavy atom. The number of hydrogen-bond donors (Lipinski definition) is 1. The van der Waals surface area contributed by atoms with Crippen molar-refractivity contribution < 1.29 is 31.1 Å². The number of nitrogens with two attached hydrogens (primary N) is 1. The highest BCUT2D eigenvalue weighted by Crippen LogP contribution is 2.35. The Kier molecular flexibility index (Phi) is 8.09. The van der Waals surface area contributed by atoms with Crippen molar-refractivity contribution in [1.82, 2.24) is 4.31 Å². The second-order valence-corrected chi connectivity index (χ2v) is 8.08. The topological polar surface area (TPSA) is 89.7 Å². The number of alkyl halides is 3. The Labute approximate surface area is 162 Å². The molecule has 1 heterocycles. The first-order valence-electron chi connectivity index (χ1n) is 8.11. The van der Waals surface area contributed by atoms with E-state index in [9.17, 15) is 26.4 Å². The number of halogens is 4. The zero-order valence-electron chi connectivity index (χ0n) is 14.7. The van der Waals surface area contributed by atoms with Crippen molar-refractivity contribution in [3.63, 3.8) is 0 Å². The number of carbonyl (C=O) groups is 1. The predicted octanol–water partition coefficient (Wildman–Crippen LogP) is 2.66. The van der Waals surface area contributed by atoms with Gasteiger partial charge in [-0.05, 0) is 49.9 Å². The summed E-state index contributed by atoms with van der Waals surface area (Å²) in [6, 6.07) is 2.33. The molecular weight excluding hydrogens is 409 g/mol. The molecule has 0 spiro atoms. The van der Waals surface area contributed by atoms with Crippen LogP contribution in [-0.4, -0.2) is 45.4 Å². The summed E-state index contributed by atoms with van der Waals surface area (Å²) >= 11 is 0. The van der Waals surface area contributed by atoms with Crippen molar-refractivity contribution in [2.75, 3.05) is 26.7 Å². The van der Waals surface area contributed by atoms with Gasteiger partial charge in [0, 0.05) is 13.1 Å². The van der Waals surface area contributed by atoms with E-state index in [1.807, 2.05) is 0 Å². The molecule has 1 aliphatic rings. The van der Waals surface area contributed by atoms with E-state index in [1.165, 1.54) is 4.31 Å². The summed E-state index contributed by atoms with van der Waals surface area (Å²) in [5.41, 5.74) is 3.46. The molecule has 0 saturated carbocycles. The zero-order chi connectivity index (χ0) is 19.5. The van der Waals surface area contributed by atoms with Crippen LogP contribution in [0.1, 0.15) is 35.2 Å². The Morgan fingerprint density at radius 1 is 1.37 bits per heavy atom. The first kappa shape index (κ1) is 23.7. The lowest BCUT2D eigenvalue weighted by Crippen LogP contribution is -2.40. The van der Waals surface area contributed by atoms with Crippen LogP contribution < -0.4 is 5.73 Å². The molecule has 1 fully saturated rings. The van der Waals surface area contributed by atoms with Crippen molar-refractivity contribution in [3.05, 3.63) is 29.3 Å². The van der Waals surface area contributed by atoms with E-state index in [4.69, 9.17) is 5.73 Å². The van der Waals surface area contributed by atoms with Crippen molar-refractivity contribution in [2.45, 2.75) is 30.3 Å². The van der Waals surface area contributed by atoms with E-state index in [-0.39, 0.29) is 31.4 Å². The Balaban J connectivity index is 0.00000364.